The van der Waals surface area contributed by atoms with Gasteiger partial charge in [0, 0.05) is 6.42 Å². The van der Waals surface area contributed by atoms with Crippen molar-refractivity contribution in [2.45, 2.75) is 50.4 Å². The number of hydrogen-bond acceptors (Lipinski definition) is 5. The number of nitrogens with zero attached hydrogens (tertiary/aromatic N) is 1. The van der Waals surface area contributed by atoms with E-state index in [2.05, 4.69) is 4.18 Å². The first kappa shape index (κ1) is 20.5. The topological polar surface area (TPSA) is 72.9 Å². The van der Waals surface area contributed by atoms with E-state index in [0.29, 0.717) is 5.56 Å². The zero-order valence-corrected chi connectivity index (χ0v) is 15.3. The van der Waals surface area contributed by atoms with Crippen LogP contribution in [0.1, 0.15) is 38.8 Å². The van der Waals surface area contributed by atoms with Crippen LogP contribution >= 0.6 is 0 Å². The molecule has 6 nitrogen and oxygen atoms in total. The Kier molecular flexibility index (Phi) is 5.57. The van der Waals surface area contributed by atoms with Crippen LogP contribution in [-0.4, -0.2) is 43.2 Å². The monoisotopic (exact) mass is 395 g/mol. The summed E-state index contributed by atoms with van der Waals surface area (Å²) >= 11 is 0. The van der Waals surface area contributed by atoms with Gasteiger partial charge in [0.15, 0.2) is 0 Å². The molecule has 0 aromatic heterocycles. The smallest absolute Gasteiger partial charge is 0.444 e. The summed E-state index contributed by atoms with van der Waals surface area (Å²) in [5.41, 5.74) is -5.68. The third-order valence-electron chi connectivity index (χ3n) is 3.62. The van der Waals surface area contributed by atoms with Crippen molar-refractivity contribution in [3.05, 3.63) is 35.9 Å². The third-order valence-corrected chi connectivity index (χ3v) is 4.71. The Morgan fingerprint density at radius 1 is 1.15 bits per heavy atom. The molecule has 0 N–H and O–H groups in total. The molecule has 0 saturated carbocycles. The predicted octanol–water partition coefficient (Wildman–Crippen LogP) is 3.60. The van der Waals surface area contributed by atoms with Gasteiger partial charge in [-0.3, -0.25) is 9.08 Å². The molecule has 146 valence electrons. The minimum Gasteiger partial charge on any atom is -0.444 e. The van der Waals surface area contributed by atoms with Gasteiger partial charge in [-0.2, -0.15) is 21.6 Å². The van der Waals surface area contributed by atoms with Crippen LogP contribution in [0.4, 0.5) is 18.0 Å². The standard InChI is InChI=1S/C16H20F3NO5S/c1-15(2,3)24-14(21)20-10-12(25-26(22,23)16(17,18)19)9-13(20)11-7-5-4-6-8-11/h4-8,12-13H,9-10H2,1-3H3/t12?,13-/m0/s1. The summed E-state index contributed by atoms with van der Waals surface area (Å²) in [6.45, 7) is 4.63. The minimum absolute atomic E-state index is 0.0986. The summed E-state index contributed by atoms with van der Waals surface area (Å²) in [4.78, 5) is 13.6. The summed E-state index contributed by atoms with van der Waals surface area (Å²) in [5.74, 6) is 0. The highest BCUT2D eigenvalue weighted by atomic mass is 32.2. The minimum atomic E-state index is -5.75. The molecule has 1 aromatic carbocycles. The maximum absolute atomic E-state index is 12.6. The number of carbonyl (C=O) groups excluding carboxylic acids is 1. The fourth-order valence-corrected chi connectivity index (χ4v) is 3.22. The summed E-state index contributed by atoms with van der Waals surface area (Å²) < 4.78 is 69.9. The van der Waals surface area contributed by atoms with Crippen LogP contribution < -0.4 is 0 Å². The largest absolute Gasteiger partial charge is 0.523 e. The molecule has 1 unspecified atom stereocenters. The average Bonchev–Trinajstić information content (AvgIpc) is 2.88. The second-order valence-electron chi connectivity index (χ2n) is 6.91. The number of carbonyl (C=O) groups is 1. The van der Waals surface area contributed by atoms with Crippen molar-refractivity contribution in [2.75, 3.05) is 6.54 Å². The van der Waals surface area contributed by atoms with Crippen molar-refractivity contribution >= 4 is 16.2 Å². The first-order valence-electron chi connectivity index (χ1n) is 7.84. The van der Waals surface area contributed by atoms with Gasteiger partial charge in [0.1, 0.15) is 5.60 Å². The van der Waals surface area contributed by atoms with Crippen molar-refractivity contribution in [3.8, 4) is 0 Å². The van der Waals surface area contributed by atoms with Crippen LogP contribution in [0.2, 0.25) is 0 Å². The third kappa shape index (κ3) is 4.88. The van der Waals surface area contributed by atoms with E-state index in [0.717, 1.165) is 0 Å². The van der Waals surface area contributed by atoms with Gasteiger partial charge in [-0.05, 0) is 26.3 Å². The van der Waals surface area contributed by atoms with Crippen LogP contribution in [0.3, 0.4) is 0 Å². The van der Waals surface area contributed by atoms with Crippen LogP contribution in [0, 0.1) is 0 Å². The molecule has 1 heterocycles. The summed E-state index contributed by atoms with van der Waals surface area (Å²) in [6.07, 6.45) is -2.17. The van der Waals surface area contributed by atoms with Gasteiger partial charge >= 0.3 is 21.7 Å². The van der Waals surface area contributed by atoms with E-state index < -0.39 is 39.5 Å². The molecule has 0 bridgehead atoms. The number of likely N-dealkylation sites (tertiary alicyclic amines) is 1. The van der Waals surface area contributed by atoms with Crippen molar-refractivity contribution in [1.29, 1.82) is 0 Å². The summed E-state index contributed by atoms with van der Waals surface area (Å²) in [6, 6.07) is 7.91. The Bertz CT molecular complexity index is 743. The van der Waals surface area contributed by atoms with E-state index in [1.807, 2.05) is 0 Å². The van der Waals surface area contributed by atoms with Crippen molar-refractivity contribution < 1.29 is 35.3 Å². The predicted molar refractivity (Wildman–Crippen MR) is 86.6 cm³/mol. The number of benzene rings is 1. The van der Waals surface area contributed by atoms with Gasteiger partial charge in [-0.15, -0.1) is 0 Å². The molecule has 1 saturated heterocycles. The van der Waals surface area contributed by atoms with Gasteiger partial charge in [0.05, 0.1) is 18.7 Å². The highest BCUT2D eigenvalue weighted by molar-refractivity contribution is 7.87. The van der Waals surface area contributed by atoms with Gasteiger partial charge in [-0.25, -0.2) is 4.79 Å². The van der Waals surface area contributed by atoms with E-state index >= 15 is 0 Å². The number of halogens is 3. The van der Waals surface area contributed by atoms with E-state index in [-0.39, 0.29) is 13.0 Å². The highest BCUT2D eigenvalue weighted by Crippen LogP contribution is 2.37. The lowest BCUT2D eigenvalue weighted by Crippen LogP contribution is -2.38. The molecule has 1 aliphatic heterocycles. The summed E-state index contributed by atoms with van der Waals surface area (Å²) in [7, 11) is -5.75. The second kappa shape index (κ2) is 7.07. The highest BCUT2D eigenvalue weighted by Gasteiger charge is 2.50. The molecule has 2 atom stereocenters. The van der Waals surface area contributed by atoms with Crippen LogP contribution in [0.15, 0.2) is 30.3 Å². The van der Waals surface area contributed by atoms with Crippen molar-refractivity contribution in [1.82, 2.24) is 4.90 Å². The van der Waals surface area contributed by atoms with Crippen molar-refractivity contribution in [2.24, 2.45) is 0 Å². The second-order valence-corrected chi connectivity index (χ2v) is 8.48. The molecule has 0 aliphatic carbocycles. The number of hydrogen-bond donors (Lipinski definition) is 0. The normalized spacial score (nSPS) is 21.7. The Balaban J connectivity index is 2.25. The fraction of sp³-hybridized carbons (Fsp3) is 0.562. The van der Waals surface area contributed by atoms with E-state index in [9.17, 15) is 26.4 Å². The molecular formula is C16H20F3NO5S. The lowest BCUT2D eigenvalue weighted by atomic mass is 10.0. The maximum atomic E-state index is 12.6. The molecule has 0 radical (unpaired) electrons. The number of rotatable bonds is 3. The van der Waals surface area contributed by atoms with Crippen molar-refractivity contribution in [3.63, 3.8) is 0 Å². The Labute approximate surface area is 150 Å². The molecule has 1 aliphatic rings. The molecule has 26 heavy (non-hydrogen) atoms. The van der Waals surface area contributed by atoms with E-state index in [1.54, 1.807) is 51.1 Å². The zero-order valence-electron chi connectivity index (χ0n) is 14.5. The molecule has 1 amide bonds. The lowest BCUT2D eigenvalue weighted by molar-refractivity contribution is -0.0570. The molecule has 10 heteroatoms. The zero-order chi connectivity index (χ0) is 19.8. The van der Waals surface area contributed by atoms with Gasteiger partial charge in [0.2, 0.25) is 0 Å². The number of alkyl halides is 3. The van der Waals surface area contributed by atoms with Crippen LogP contribution in [0.5, 0.6) is 0 Å². The lowest BCUT2D eigenvalue weighted by Gasteiger charge is -2.28. The first-order valence-corrected chi connectivity index (χ1v) is 9.25. The average molecular weight is 395 g/mol. The Morgan fingerprint density at radius 2 is 1.73 bits per heavy atom. The van der Waals surface area contributed by atoms with Gasteiger partial charge in [-0.1, -0.05) is 30.3 Å². The molecular weight excluding hydrogens is 375 g/mol. The molecule has 1 fully saturated rings. The number of amides is 1. The SMILES string of the molecule is CC(C)(C)OC(=O)N1CC(OS(=O)(=O)C(F)(F)F)C[C@H]1c1ccccc1. The Morgan fingerprint density at radius 3 is 2.23 bits per heavy atom. The van der Waals surface area contributed by atoms with Gasteiger partial charge in [0.25, 0.3) is 0 Å². The number of ether oxygens (including phenoxy) is 1. The summed E-state index contributed by atoms with van der Waals surface area (Å²) in [5, 5.41) is 0. The van der Waals surface area contributed by atoms with Gasteiger partial charge < -0.3 is 4.74 Å². The van der Waals surface area contributed by atoms with Crippen LogP contribution in [-0.2, 0) is 19.0 Å². The first-order chi connectivity index (χ1) is 11.8. The molecule has 2 rings (SSSR count). The maximum Gasteiger partial charge on any atom is 0.523 e. The molecule has 0 spiro atoms. The Hall–Kier alpha value is -1.81. The van der Waals surface area contributed by atoms with E-state index in [1.165, 1.54) is 4.90 Å². The molecule has 1 aromatic rings. The fourth-order valence-electron chi connectivity index (χ4n) is 2.61. The quantitative estimate of drug-likeness (QED) is 0.578. The van der Waals surface area contributed by atoms with E-state index in [4.69, 9.17) is 4.74 Å². The van der Waals surface area contributed by atoms with Crippen LogP contribution in [0.25, 0.3) is 0 Å².